The molecule has 0 saturated carbocycles. The van der Waals surface area contributed by atoms with E-state index in [1.807, 2.05) is 19.1 Å². The van der Waals surface area contributed by atoms with Crippen molar-refractivity contribution < 1.29 is 17.2 Å². The van der Waals surface area contributed by atoms with Crippen LogP contribution in [0.1, 0.15) is 43.9 Å². The lowest BCUT2D eigenvalue weighted by molar-refractivity contribution is 0.390. The molecule has 0 radical (unpaired) electrons. The first kappa shape index (κ1) is 28.0. The molecule has 1 heterocycles. The molecule has 2 aromatic rings. The number of nitriles is 1. The van der Waals surface area contributed by atoms with Gasteiger partial charge in [-0.15, -0.1) is 0 Å². The number of halogens is 3. The van der Waals surface area contributed by atoms with Crippen molar-refractivity contribution in [3.05, 3.63) is 69.7 Å². The molecule has 1 saturated heterocycles. The Morgan fingerprint density at radius 3 is 2.31 bits per heavy atom. The SMILES string of the molecule is CC(C)C1CCN(S(C)(=O)=O)C1.CCc1cccc(F)c1F.Cc1ccc(C#N)c(Cl)c1. The van der Waals surface area contributed by atoms with Gasteiger partial charge in [0.15, 0.2) is 11.6 Å². The van der Waals surface area contributed by atoms with Crippen molar-refractivity contribution in [2.75, 3.05) is 19.3 Å². The number of rotatable bonds is 3. The van der Waals surface area contributed by atoms with E-state index in [9.17, 15) is 17.2 Å². The number of nitrogens with zero attached hydrogens (tertiary/aromatic N) is 2. The maximum absolute atomic E-state index is 12.6. The highest BCUT2D eigenvalue weighted by Gasteiger charge is 2.29. The van der Waals surface area contributed by atoms with Crippen molar-refractivity contribution in [3.8, 4) is 6.07 Å². The van der Waals surface area contributed by atoms with E-state index in [0.29, 0.717) is 41.0 Å². The average Bonchev–Trinajstić information content (AvgIpc) is 3.22. The van der Waals surface area contributed by atoms with E-state index in [-0.39, 0.29) is 0 Å². The fraction of sp³-hybridized carbons (Fsp3) is 0.458. The molecule has 1 unspecified atom stereocenters. The Morgan fingerprint density at radius 2 is 1.91 bits per heavy atom. The maximum Gasteiger partial charge on any atom is 0.211 e. The minimum atomic E-state index is -2.94. The molecular formula is C24H31ClF2N2O2S. The fourth-order valence-corrected chi connectivity index (χ4v) is 4.31. The number of hydrogen-bond acceptors (Lipinski definition) is 3. The molecule has 2 aromatic carbocycles. The molecule has 1 fully saturated rings. The normalized spacial score (nSPS) is 15.9. The van der Waals surface area contributed by atoms with Crippen LogP contribution in [0.4, 0.5) is 8.78 Å². The largest absolute Gasteiger partial charge is 0.213 e. The number of sulfonamides is 1. The summed E-state index contributed by atoms with van der Waals surface area (Å²) in [5.74, 6) is -0.333. The van der Waals surface area contributed by atoms with Crippen LogP contribution < -0.4 is 0 Å². The van der Waals surface area contributed by atoms with E-state index < -0.39 is 21.7 Å². The molecule has 3 rings (SSSR count). The van der Waals surface area contributed by atoms with Crippen molar-refractivity contribution >= 4 is 21.6 Å². The van der Waals surface area contributed by atoms with Gasteiger partial charge in [0, 0.05) is 13.1 Å². The van der Waals surface area contributed by atoms with Gasteiger partial charge in [-0.2, -0.15) is 5.26 Å². The Kier molecular flexibility index (Phi) is 11.3. The van der Waals surface area contributed by atoms with Gasteiger partial charge in [-0.25, -0.2) is 21.5 Å². The molecule has 0 bridgehead atoms. The second kappa shape index (κ2) is 12.9. The van der Waals surface area contributed by atoms with Crippen molar-refractivity contribution in [3.63, 3.8) is 0 Å². The van der Waals surface area contributed by atoms with Crippen LogP contribution in [0, 0.1) is 41.7 Å². The van der Waals surface area contributed by atoms with Gasteiger partial charge in [-0.3, -0.25) is 0 Å². The van der Waals surface area contributed by atoms with Gasteiger partial charge in [0.05, 0.1) is 16.8 Å². The van der Waals surface area contributed by atoms with E-state index in [4.69, 9.17) is 16.9 Å². The summed E-state index contributed by atoms with van der Waals surface area (Å²) in [5.41, 5.74) is 2.04. The summed E-state index contributed by atoms with van der Waals surface area (Å²) in [4.78, 5) is 0. The smallest absolute Gasteiger partial charge is 0.211 e. The lowest BCUT2D eigenvalue weighted by atomic mass is 9.96. The molecular weight excluding hydrogens is 454 g/mol. The zero-order valence-electron chi connectivity index (χ0n) is 19.2. The molecule has 8 heteroatoms. The first-order valence-electron chi connectivity index (χ1n) is 10.4. The Morgan fingerprint density at radius 1 is 1.25 bits per heavy atom. The molecule has 0 spiro atoms. The van der Waals surface area contributed by atoms with Gasteiger partial charge in [-0.05, 0) is 60.9 Å². The van der Waals surface area contributed by atoms with Crippen LogP contribution in [0.2, 0.25) is 5.02 Å². The van der Waals surface area contributed by atoms with Crippen LogP contribution in [0.3, 0.4) is 0 Å². The first-order chi connectivity index (χ1) is 14.9. The minimum Gasteiger partial charge on any atom is -0.213 e. The van der Waals surface area contributed by atoms with Gasteiger partial charge in [0.25, 0.3) is 0 Å². The van der Waals surface area contributed by atoms with E-state index in [0.717, 1.165) is 24.6 Å². The zero-order chi connectivity index (χ0) is 24.5. The number of hydrogen-bond donors (Lipinski definition) is 0. The highest BCUT2D eigenvalue weighted by atomic mass is 35.5. The summed E-state index contributed by atoms with van der Waals surface area (Å²) in [5, 5.41) is 9.00. The number of benzene rings is 2. The highest BCUT2D eigenvalue weighted by molar-refractivity contribution is 7.88. The Labute approximate surface area is 195 Å². The Bertz CT molecular complexity index is 1040. The standard InChI is InChI=1S/C8H6ClN.C8H8F2.C8H17NO2S/c1-6-2-3-7(5-10)8(9)4-6;1-2-6-4-3-5-7(9)8(6)10;1-7(2)8-4-5-9(6-8)12(3,10)11/h2-4H,1H3;3-5H,2H2,1H3;7-8H,4-6H2,1-3H3. The fourth-order valence-electron chi connectivity index (χ4n) is 3.13. The van der Waals surface area contributed by atoms with Gasteiger partial charge in [0.2, 0.25) is 10.0 Å². The summed E-state index contributed by atoms with van der Waals surface area (Å²) in [6, 6.07) is 11.6. The van der Waals surface area contributed by atoms with E-state index in [1.165, 1.54) is 12.3 Å². The Hall–Kier alpha value is -2.01. The summed E-state index contributed by atoms with van der Waals surface area (Å²) >= 11 is 5.71. The lowest BCUT2D eigenvalue weighted by Gasteiger charge is -2.15. The predicted molar refractivity (Wildman–Crippen MR) is 126 cm³/mol. The topological polar surface area (TPSA) is 61.2 Å². The third-order valence-electron chi connectivity index (χ3n) is 5.26. The number of aryl methyl sites for hydroxylation is 2. The predicted octanol–water partition coefficient (Wildman–Crippen LogP) is 5.97. The quantitative estimate of drug-likeness (QED) is 0.539. The molecule has 32 heavy (non-hydrogen) atoms. The van der Waals surface area contributed by atoms with Crippen LogP contribution in [-0.4, -0.2) is 32.1 Å². The molecule has 0 amide bonds. The van der Waals surface area contributed by atoms with Crippen LogP contribution >= 0.6 is 11.6 Å². The second-order valence-corrected chi connectivity index (χ2v) is 10.5. The first-order valence-corrected chi connectivity index (χ1v) is 12.7. The molecule has 1 aliphatic heterocycles. The second-order valence-electron chi connectivity index (χ2n) is 8.08. The van der Waals surface area contributed by atoms with Gasteiger partial charge in [0.1, 0.15) is 6.07 Å². The van der Waals surface area contributed by atoms with Crippen LogP contribution in [0.25, 0.3) is 0 Å². The molecule has 4 nitrogen and oxygen atoms in total. The zero-order valence-corrected chi connectivity index (χ0v) is 20.8. The van der Waals surface area contributed by atoms with E-state index in [1.54, 1.807) is 29.4 Å². The summed E-state index contributed by atoms with van der Waals surface area (Å²) < 4.78 is 48.9. The van der Waals surface area contributed by atoms with Crippen LogP contribution in [-0.2, 0) is 16.4 Å². The van der Waals surface area contributed by atoms with Crippen LogP contribution in [0.15, 0.2) is 36.4 Å². The molecule has 0 N–H and O–H groups in total. The van der Waals surface area contributed by atoms with Crippen molar-refractivity contribution in [2.24, 2.45) is 11.8 Å². The average molecular weight is 485 g/mol. The summed E-state index contributed by atoms with van der Waals surface area (Å²) in [7, 11) is -2.94. The lowest BCUT2D eigenvalue weighted by Crippen LogP contribution is -2.28. The van der Waals surface area contributed by atoms with Gasteiger partial charge < -0.3 is 0 Å². The molecule has 0 aliphatic carbocycles. The van der Waals surface area contributed by atoms with E-state index >= 15 is 0 Å². The van der Waals surface area contributed by atoms with Crippen LogP contribution in [0.5, 0.6) is 0 Å². The molecule has 1 aliphatic rings. The summed E-state index contributed by atoms with van der Waals surface area (Å²) in [6.07, 6.45) is 2.84. The monoisotopic (exact) mass is 484 g/mol. The molecule has 176 valence electrons. The maximum atomic E-state index is 12.6. The van der Waals surface area contributed by atoms with Crippen molar-refractivity contribution in [1.82, 2.24) is 4.31 Å². The molecule has 0 aromatic heterocycles. The van der Waals surface area contributed by atoms with Crippen molar-refractivity contribution in [1.29, 1.82) is 5.26 Å². The highest BCUT2D eigenvalue weighted by Crippen LogP contribution is 2.24. The van der Waals surface area contributed by atoms with Gasteiger partial charge >= 0.3 is 0 Å². The van der Waals surface area contributed by atoms with Crippen molar-refractivity contribution in [2.45, 2.75) is 40.5 Å². The van der Waals surface area contributed by atoms with Gasteiger partial charge in [-0.1, -0.05) is 50.6 Å². The minimum absolute atomic E-state index is 0.431. The Balaban J connectivity index is 0.000000241. The third kappa shape index (κ3) is 8.85. The molecule has 1 atom stereocenters. The summed E-state index contributed by atoms with van der Waals surface area (Å²) in [6.45, 7) is 9.45. The van der Waals surface area contributed by atoms with E-state index in [2.05, 4.69) is 13.8 Å². The third-order valence-corrected chi connectivity index (χ3v) is 6.84.